The quantitative estimate of drug-likeness (QED) is 0.604. The zero-order valence-corrected chi connectivity index (χ0v) is 10.6. The maximum absolute atomic E-state index is 14.7. The zero-order chi connectivity index (χ0) is 12.6. The molecule has 18 heavy (non-hydrogen) atoms. The predicted molar refractivity (Wildman–Crippen MR) is 66.7 cm³/mol. The van der Waals surface area contributed by atoms with Crippen LogP contribution in [0.2, 0.25) is 0 Å². The van der Waals surface area contributed by atoms with E-state index in [-0.39, 0.29) is 5.92 Å². The van der Waals surface area contributed by atoms with Crippen LogP contribution in [0.15, 0.2) is 29.4 Å². The molecule has 2 nitrogen and oxygen atoms in total. The van der Waals surface area contributed by atoms with Gasteiger partial charge in [-0.25, -0.2) is 13.8 Å². The van der Waals surface area contributed by atoms with Crippen molar-refractivity contribution in [2.24, 2.45) is 0 Å². The van der Waals surface area contributed by atoms with Crippen LogP contribution < -0.4 is 0 Å². The van der Waals surface area contributed by atoms with E-state index in [0.29, 0.717) is 13.1 Å². The van der Waals surface area contributed by atoms with Crippen LogP contribution in [0.5, 0.6) is 0 Å². The van der Waals surface area contributed by atoms with Crippen molar-refractivity contribution in [3.8, 4) is 0 Å². The number of allylic oxidation sites excluding steroid dienone is 2. The van der Waals surface area contributed by atoms with Gasteiger partial charge in [0.05, 0.1) is 5.69 Å². The highest BCUT2D eigenvalue weighted by molar-refractivity contribution is 7.07. The molecule has 1 saturated heterocycles. The predicted octanol–water partition coefficient (Wildman–Crippen LogP) is 3.21. The first-order valence-electron chi connectivity index (χ1n) is 6.03. The Morgan fingerprint density at radius 3 is 2.83 bits per heavy atom. The summed E-state index contributed by atoms with van der Waals surface area (Å²) in [5.74, 6) is -3.05. The summed E-state index contributed by atoms with van der Waals surface area (Å²) in [6, 6.07) is 0. The van der Waals surface area contributed by atoms with Gasteiger partial charge >= 0.3 is 0 Å². The number of thiazole rings is 1. The largest absolute Gasteiger partial charge is 0.262 e. The first-order chi connectivity index (χ1) is 8.70. The molecule has 2 heterocycles. The van der Waals surface area contributed by atoms with Gasteiger partial charge in [-0.2, -0.15) is 0 Å². The number of rotatable bonds is 2. The SMILES string of the molecule is FC1=CC(c2cs[c]n2)C=CC1(F)N1CCCC1. The zero-order valence-electron chi connectivity index (χ0n) is 9.77. The van der Waals surface area contributed by atoms with Crippen LogP contribution in [-0.4, -0.2) is 28.8 Å². The summed E-state index contributed by atoms with van der Waals surface area (Å²) >= 11 is 1.33. The maximum Gasteiger partial charge on any atom is 0.234 e. The number of nitrogens with zero attached hydrogens (tertiary/aromatic N) is 2. The van der Waals surface area contributed by atoms with Crippen molar-refractivity contribution in [3.05, 3.63) is 40.6 Å². The van der Waals surface area contributed by atoms with Crippen LogP contribution in [0.1, 0.15) is 24.5 Å². The lowest BCUT2D eigenvalue weighted by Gasteiger charge is -2.33. The van der Waals surface area contributed by atoms with E-state index in [0.717, 1.165) is 18.5 Å². The van der Waals surface area contributed by atoms with Crippen molar-refractivity contribution in [2.75, 3.05) is 13.1 Å². The number of likely N-dealkylation sites (tertiary alicyclic amines) is 1. The smallest absolute Gasteiger partial charge is 0.234 e. The third-order valence-corrected chi connectivity index (χ3v) is 4.06. The molecule has 1 aliphatic carbocycles. The molecule has 1 aliphatic heterocycles. The highest BCUT2D eigenvalue weighted by Gasteiger charge is 2.42. The van der Waals surface area contributed by atoms with Gasteiger partial charge in [-0.15, -0.1) is 11.3 Å². The second-order valence-corrected chi connectivity index (χ2v) is 5.28. The van der Waals surface area contributed by atoms with Crippen LogP contribution >= 0.6 is 11.3 Å². The summed E-state index contributed by atoms with van der Waals surface area (Å²) in [5, 5.41) is 1.81. The number of hydrogen-bond donors (Lipinski definition) is 0. The molecule has 2 unspecified atom stereocenters. The van der Waals surface area contributed by atoms with Gasteiger partial charge in [-0.05, 0) is 25.0 Å². The Balaban J connectivity index is 1.85. The molecule has 2 aliphatic rings. The summed E-state index contributed by atoms with van der Waals surface area (Å²) in [4.78, 5) is 5.57. The molecule has 0 amide bonds. The normalized spacial score (nSPS) is 32.8. The van der Waals surface area contributed by atoms with Crippen molar-refractivity contribution in [2.45, 2.75) is 24.6 Å². The van der Waals surface area contributed by atoms with Crippen molar-refractivity contribution in [1.82, 2.24) is 9.88 Å². The van der Waals surface area contributed by atoms with E-state index in [1.807, 2.05) is 0 Å². The minimum atomic E-state index is -2.05. The molecule has 0 bridgehead atoms. The van der Waals surface area contributed by atoms with Gasteiger partial charge in [0, 0.05) is 24.4 Å². The van der Waals surface area contributed by atoms with E-state index >= 15 is 0 Å². The fourth-order valence-corrected chi connectivity index (χ4v) is 3.01. The van der Waals surface area contributed by atoms with Crippen LogP contribution in [0.4, 0.5) is 8.78 Å². The van der Waals surface area contributed by atoms with Crippen molar-refractivity contribution in [3.63, 3.8) is 0 Å². The Morgan fingerprint density at radius 2 is 2.22 bits per heavy atom. The number of alkyl halides is 1. The molecule has 1 aromatic heterocycles. The average molecular weight is 267 g/mol. The van der Waals surface area contributed by atoms with Gasteiger partial charge in [0.15, 0.2) is 11.3 Å². The van der Waals surface area contributed by atoms with Crippen LogP contribution in [0.3, 0.4) is 0 Å². The van der Waals surface area contributed by atoms with Gasteiger partial charge in [0.1, 0.15) is 0 Å². The van der Waals surface area contributed by atoms with E-state index in [2.05, 4.69) is 10.5 Å². The number of aromatic nitrogens is 1. The maximum atomic E-state index is 14.7. The lowest BCUT2D eigenvalue weighted by molar-refractivity contribution is 0.0402. The summed E-state index contributed by atoms with van der Waals surface area (Å²) in [6.45, 7) is 1.22. The van der Waals surface area contributed by atoms with Gasteiger partial charge in [0.25, 0.3) is 0 Å². The molecule has 0 spiro atoms. The Bertz CT molecular complexity index is 477. The monoisotopic (exact) mass is 267 g/mol. The van der Waals surface area contributed by atoms with Crippen molar-refractivity contribution >= 4 is 11.3 Å². The molecular weight excluding hydrogens is 254 g/mol. The number of hydrogen-bond acceptors (Lipinski definition) is 3. The third-order valence-electron chi connectivity index (χ3n) is 3.50. The fraction of sp³-hybridized carbons (Fsp3) is 0.462. The Hall–Kier alpha value is -1.07. The van der Waals surface area contributed by atoms with Crippen molar-refractivity contribution in [1.29, 1.82) is 0 Å². The molecule has 95 valence electrons. The highest BCUT2D eigenvalue weighted by Crippen LogP contribution is 2.38. The Kier molecular flexibility index (Phi) is 3.03. The van der Waals surface area contributed by atoms with Gasteiger partial charge < -0.3 is 0 Å². The molecule has 3 rings (SSSR count). The standard InChI is InChI=1S/C13H13F2N2S/c14-12-7-10(11-8-18-9-16-11)3-4-13(12,15)17-5-1-2-6-17/h3-4,7-8,10H,1-2,5-6H2. The molecule has 0 aromatic carbocycles. The van der Waals surface area contributed by atoms with Gasteiger partial charge in [-0.3, -0.25) is 4.90 Å². The van der Waals surface area contributed by atoms with E-state index in [1.54, 1.807) is 16.4 Å². The average Bonchev–Trinajstić information content (AvgIpc) is 3.04. The third kappa shape index (κ3) is 1.91. The molecular formula is C13H13F2N2S. The van der Waals surface area contributed by atoms with Crippen LogP contribution in [0.25, 0.3) is 0 Å². The fourth-order valence-electron chi connectivity index (χ4n) is 2.47. The first kappa shape index (κ1) is 12.0. The molecule has 1 radical (unpaired) electrons. The van der Waals surface area contributed by atoms with E-state index in [4.69, 9.17) is 0 Å². The highest BCUT2D eigenvalue weighted by atomic mass is 32.1. The van der Waals surface area contributed by atoms with Gasteiger partial charge in [0.2, 0.25) is 5.79 Å². The second kappa shape index (κ2) is 4.55. The second-order valence-electron chi connectivity index (χ2n) is 4.63. The number of halogens is 2. The molecule has 2 atom stereocenters. The van der Waals surface area contributed by atoms with Crippen molar-refractivity contribution < 1.29 is 8.78 Å². The molecule has 1 aromatic rings. The molecule has 5 heteroatoms. The van der Waals surface area contributed by atoms with E-state index in [1.165, 1.54) is 23.5 Å². The summed E-state index contributed by atoms with van der Waals surface area (Å²) in [6.07, 6.45) is 6.19. The van der Waals surface area contributed by atoms with Crippen LogP contribution in [0, 0.1) is 5.51 Å². The molecule has 0 saturated carbocycles. The minimum absolute atomic E-state index is 0.279. The van der Waals surface area contributed by atoms with E-state index in [9.17, 15) is 8.78 Å². The van der Waals surface area contributed by atoms with Gasteiger partial charge in [-0.1, -0.05) is 6.08 Å². The summed E-state index contributed by atoms with van der Waals surface area (Å²) < 4.78 is 28.7. The summed E-state index contributed by atoms with van der Waals surface area (Å²) in [7, 11) is 0. The Morgan fingerprint density at radius 1 is 1.44 bits per heavy atom. The lowest BCUT2D eigenvalue weighted by Crippen LogP contribution is -2.43. The summed E-state index contributed by atoms with van der Waals surface area (Å²) in [5.41, 5.74) is 3.44. The first-order valence-corrected chi connectivity index (χ1v) is 6.91. The van der Waals surface area contributed by atoms with Crippen LogP contribution in [-0.2, 0) is 0 Å². The molecule has 0 N–H and O–H groups in total. The minimum Gasteiger partial charge on any atom is -0.262 e. The molecule has 1 fully saturated rings. The topological polar surface area (TPSA) is 16.1 Å². The lowest BCUT2D eigenvalue weighted by atomic mass is 9.95. The Labute approximate surface area is 109 Å². The van der Waals surface area contributed by atoms with E-state index < -0.39 is 11.6 Å².